The number of phenolic OH excluding ortho intramolecular Hbond substituents is 1. The number of aromatic hydroxyl groups is 1. The number of rotatable bonds is 2. The molecule has 1 aromatic rings. The molecule has 1 aliphatic rings. The second-order valence-corrected chi connectivity index (χ2v) is 5.33. The van der Waals surface area contributed by atoms with Crippen LogP contribution in [0.15, 0.2) is 18.2 Å². The molecule has 0 radical (unpaired) electrons. The second kappa shape index (κ2) is 4.64. The smallest absolute Gasteiger partial charge is 0.120 e. The highest BCUT2D eigenvalue weighted by molar-refractivity contribution is 6.30. The molecule has 0 aromatic heterocycles. The summed E-state index contributed by atoms with van der Waals surface area (Å²) in [7, 11) is 0. The van der Waals surface area contributed by atoms with Gasteiger partial charge in [-0.1, -0.05) is 18.5 Å². The Morgan fingerprint density at radius 3 is 2.81 bits per heavy atom. The van der Waals surface area contributed by atoms with Crippen molar-refractivity contribution in [2.24, 2.45) is 5.92 Å². The highest BCUT2D eigenvalue weighted by Crippen LogP contribution is 2.28. The van der Waals surface area contributed by atoms with Gasteiger partial charge >= 0.3 is 0 Å². The molecule has 1 fully saturated rings. The van der Waals surface area contributed by atoms with E-state index >= 15 is 0 Å². The van der Waals surface area contributed by atoms with Crippen molar-refractivity contribution in [3.63, 3.8) is 0 Å². The fourth-order valence-electron chi connectivity index (χ4n) is 2.51. The van der Waals surface area contributed by atoms with Gasteiger partial charge < -0.3 is 5.11 Å². The topological polar surface area (TPSA) is 23.5 Å². The first-order chi connectivity index (χ1) is 7.56. The summed E-state index contributed by atoms with van der Waals surface area (Å²) >= 11 is 5.94. The summed E-state index contributed by atoms with van der Waals surface area (Å²) in [6.45, 7) is 6.41. The van der Waals surface area contributed by atoms with E-state index in [1.54, 1.807) is 12.1 Å². The van der Waals surface area contributed by atoms with Crippen molar-refractivity contribution in [2.45, 2.75) is 32.9 Å². The molecule has 1 aromatic carbocycles. The quantitative estimate of drug-likeness (QED) is 0.856. The zero-order valence-electron chi connectivity index (χ0n) is 9.78. The molecule has 1 saturated heterocycles. The van der Waals surface area contributed by atoms with E-state index in [1.807, 2.05) is 6.07 Å². The highest BCUT2D eigenvalue weighted by atomic mass is 35.5. The van der Waals surface area contributed by atoms with Crippen LogP contribution in [0.5, 0.6) is 5.75 Å². The number of likely N-dealkylation sites (tertiary alicyclic amines) is 1. The van der Waals surface area contributed by atoms with Gasteiger partial charge in [-0.25, -0.2) is 0 Å². The SMILES string of the molecule is CC1CC(C)N(Cc2cc(Cl)ccc2O)C1. The van der Waals surface area contributed by atoms with Crippen LogP contribution in [0, 0.1) is 5.92 Å². The van der Waals surface area contributed by atoms with Crippen molar-refractivity contribution in [3.05, 3.63) is 28.8 Å². The number of halogens is 1. The first-order valence-electron chi connectivity index (χ1n) is 5.77. The Labute approximate surface area is 102 Å². The van der Waals surface area contributed by atoms with Crippen molar-refractivity contribution in [1.29, 1.82) is 0 Å². The molecule has 88 valence electrons. The van der Waals surface area contributed by atoms with E-state index in [0.717, 1.165) is 24.6 Å². The third kappa shape index (κ3) is 2.50. The maximum absolute atomic E-state index is 9.76. The Kier molecular flexibility index (Phi) is 3.41. The monoisotopic (exact) mass is 239 g/mol. The molecular formula is C13H18ClNO. The molecule has 0 spiro atoms. The summed E-state index contributed by atoms with van der Waals surface area (Å²) in [5.74, 6) is 1.09. The van der Waals surface area contributed by atoms with Gasteiger partial charge in [-0.05, 0) is 37.5 Å². The summed E-state index contributed by atoms with van der Waals surface area (Å²) in [6.07, 6.45) is 1.24. The molecule has 2 nitrogen and oxygen atoms in total. The Bertz CT molecular complexity index is 380. The Morgan fingerprint density at radius 1 is 1.44 bits per heavy atom. The lowest BCUT2D eigenvalue weighted by molar-refractivity contribution is 0.253. The molecule has 2 unspecified atom stereocenters. The summed E-state index contributed by atoms with van der Waals surface area (Å²) in [4.78, 5) is 2.40. The van der Waals surface area contributed by atoms with Gasteiger partial charge in [-0.2, -0.15) is 0 Å². The molecule has 1 heterocycles. The number of hydrogen-bond donors (Lipinski definition) is 1. The van der Waals surface area contributed by atoms with Crippen molar-refractivity contribution in [2.75, 3.05) is 6.54 Å². The van der Waals surface area contributed by atoms with Gasteiger partial charge in [0.1, 0.15) is 5.75 Å². The predicted octanol–water partition coefficient (Wildman–Crippen LogP) is 3.28. The van der Waals surface area contributed by atoms with Crippen LogP contribution in [0.2, 0.25) is 5.02 Å². The van der Waals surface area contributed by atoms with Crippen molar-refractivity contribution in [3.8, 4) is 5.75 Å². The zero-order chi connectivity index (χ0) is 11.7. The number of phenols is 1. The van der Waals surface area contributed by atoms with Gasteiger partial charge in [0.2, 0.25) is 0 Å². The van der Waals surface area contributed by atoms with Gasteiger partial charge in [0.25, 0.3) is 0 Å². The van der Waals surface area contributed by atoms with E-state index in [9.17, 15) is 5.11 Å². The Hall–Kier alpha value is -0.730. The van der Waals surface area contributed by atoms with E-state index in [-0.39, 0.29) is 0 Å². The first-order valence-corrected chi connectivity index (χ1v) is 6.15. The fourth-order valence-corrected chi connectivity index (χ4v) is 2.70. The van der Waals surface area contributed by atoms with Gasteiger partial charge in [-0.3, -0.25) is 4.90 Å². The van der Waals surface area contributed by atoms with E-state index in [0.29, 0.717) is 16.8 Å². The van der Waals surface area contributed by atoms with Crippen LogP contribution in [0.4, 0.5) is 0 Å². The van der Waals surface area contributed by atoms with E-state index in [4.69, 9.17) is 11.6 Å². The van der Waals surface area contributed by atoms with Crippen molar-refractivity contribution < 1.29 is 5.11 Å². The number of benzene rings is 1. The average molecular weight is 240 g/mol. The van der Waals surface area contributed by atoms with E-state index < -0.39 is 0 Å². The lowest BCUT2D eigenvalue weighted by atomic mass is 10.1. The van der Waals surface area contributed by atoms with Crippen LogP contribution >= 0.6 is 11.6 Å². The second-order valence-electron chi connectivity index (χ2n) is 4.89. The summed E-state index contributed by atoms with van der Waals surface area (Å²) in [5, 5.41) is 10.4. The molecule has 3 heteroatoms. The third-order valence-electron chi connectivity index (χ3n) is 3.33. The standard InChI is InChI=1S/C13H18ClNO/c1-9-5-10(2)15(7-9)8-11-6-12(14)3-4-13(11)16/h3-4,6,9-10,16H,5,7-8H2,1-2H3. The first kappa shape index (κ1) is 11.7. The minimum absolute atomic E-state index is 0.344. The van der Waals surface area contributed by atoms with Gasteiger partial charge in [0.15, 0.2) is 0 Å². The Morgan fingerprint density at radius 2 is 2.19 bits per heavy atom. The minimum atomic E-state index is 0.344. The van der Waals surface area contributed by atoms with Gasteiger partial charge in [0, 0.05) is 29.7 Å². The van der Waals surface area contributed by atoms with Crippen molar-refractivity contribution in [1.82, 2.24) is 4.90 Å². The summed E-state index contributed by atoms with van der Waals surface area (Å²) in [5.41, 5.74) is 0.924. The van der Waals surface area contributed by atoms with Crippen LogP contribution in [-0.2, 0) is 6.54 Å². The molecule has 16 heavy (non-hydrogen) atoms. The number of nitrogens with zero attached hydrogens (tertiary/aromatic N) is 1. The fraction of sp³-hybridized carbons (Fsp3) is 0.538. The minimum Gasteiger partial charge on any atom is -0.508 e. The van der Waals surface area contributed by atoms with Gasteiger partial charge in [0.05, 0.1) is 0 Å². The molecule has 1 aliphatic heterocycles. The molecule has 0 bridgehead atoms. The third-order valence-corrected chi connectivity index (χ3v) is 3.56. The maximum Gasteiger partial charge on any atom is 0.120 e. The highest BCUT2D eigenvalue weighted by Gasteiger charge is 2.26. The van der Waals surface area contributed by atoms with E-state index in [2.05, 4.69) is 18.7 Å². The number of hydrogen-bond acceptors (Lipinski definition) is 2. The summed E-state index contributed by atoms with van der Waals surface area (Å²) in [6, 6.07) is 5.83. The molecule has 0 amide bonds. The van der Waals surface area contributed by atoms with Gasteiger partial charge in [-0.15, -0.1) is 0 Å². The summed E-state index contributed by atoms with van der Waals surface area (Å²) < 4.78 is 0. The zero-order valence-corrected chi connectivity index (χ0v) is 10.5. The maximum atomic E-state index is 9.76. The van der Waals surface area contributed by atoms with Crippen LogP contribution in [-0.4, -0.2) is 22.6 Å². The average Bonchev–Trinajstić information content (AvgIpc) is 2.51. The molecule has 1 N–H and O–H groups in total. The Balaban J connectivity index is 2.11. The lowest BCUT2D eigenvalue weighted by Gasteiger charge is -2.21. The predicted molar refractivity (Wildman–Crippen MR) is 66.8 cm³/mol. The molecular weight excluding hydrogens is 222 g/mol. The van der Waals surface area contributed by atoms with Crippen LogP contribution in [0.3, 0.4) is 0 Å². The van der Waals surface area contributed by atoms with Crippen LogP contribution in [0.1, 0.15) is 25.8 Å². The van der Waals surface area contributed by atoms with E-state index in [1.165, 1.54) is 6.42 Å². The van der Waals surface area contributed by atoms with Crippen LogP contribution < -0.4 is 0 Å². The molecule has 0 saturated carbocycles. The van der Waals surface area contributed by atoms with Crippen molar-refractivity contribution >= 4 is 11.6 Å². The normalized spacial score (nSPS) is 26.2. The molecule has 2 atom stereocenters. The molecule has 0 aliphatic carbocycles. The largest absolute Gasteiger partial charge is 0.508 e. The lowest BCUT2D eigenvalue weighted by Crippen LogP contribution is -2.26. The molecule has 2 rings (SSSR count). The van der Waals surface area contributed by atoms with Crippen LogP contribution in [0.25, 0.3) is 0 Å².